The third-order valence-corrected chi connectivity index (χ3v) is 16.6. The Hall–Kier alpha value is -1.92. The normalized spacial score (nSPS) is 12.7. The van der Waals surface area contributed by atoms with Gasteiger partial charge in [-0.05, 0) is 83.5 Å². The number of nitrogens with one attached hydrogen (secondary N) is 1. The lowest BCUT2D eigenvalue weighted by Gasteiger charge is -2.20. The van der Waals surface area contributed by atoms with Crippen molar-refractivity contribution in [2.75, 3.05) is 13.2 Å². The predicted molar refractivity (Wildman–Crippen MR) is 347 cm³/mol. The van der Waals surface area contributed by atoms with Gasteiger partial charge in [0, 0.05) is 12.8 Å². The van der Waals surface area contributed by atoms with Crippen LogP contribution in [0.15, 0.2) is 36.5 Å². The Morgan fingerprint density at radius 3 is 0.899 bits per heavy atom. The zero-order valence-corrected chi connectivity index (χ0v) is 53.4. The minimum Gasteiger partial charge on any atom is -0.466 e. The highest BCUT2D eigenvalue weighted by Crippen LogP contribution is 2.18. The molecular formula is C73H139NO5. The molecule has 0 aromatic carbocycles. The maximum atomic E-state index is 12.5. The molecular weight excluding hydrogens is 971 g/mol. The second-order valence-electron chi connectivity index (χ2n) is 24.6. The van der Waals surface area contributed by atoms with E-state index in [4.69, 9.17) is 4.74 Å². The van der Waals surface area contributed by atoms with Gasteiger partial charge in [0.15, 0.2) is 0 Å². The van der Waals surface area contributed by atoms with Gasteiger partial charge in [0.25, 0.3) is 0 Å². The molecule has 0 aromatic heterocycles. The van der Waals surface area contributed by atoms with Crippen LogP contribution in [0.3, 0.4) is 0 Å². The van der Waals surface area contributed by atoms with Gasteiger partial charge in [0.2, 0.25) is 5.91 Å². The predicted octanol–water partition coefficient (Wildman–Crippen LogP) is 23.1. The van der Waals surface area contributed by atoms with Gasteiger partial charge in [0.1, 0.15) is 0 Å². The van der Waals surface area contributed by atoms with E-state index in [1.165, 1.54) is 321 Å². The van der Waals surface area contributed by atoms with Gasteiger partial charge >= 0.3 is 5.97 Å². The van der Waals surface area contributed by atoms with Gasteiger partial charge < -0.3 is 20.3 Å². The third-order valence-electron chi connectivity index (χ3n) is 16.6. The standard InChI is InChI=1S/C73H139NO5/c1-3-5-7-9-11-13-15-17-18-19-37-40-43-47-51-55-59-63-67-73(78)79-68-64-60-56-52-48-44-41-38-35-33-31-29-27-25-23-21-20-22-24-26-28-30-32-34-36-39-42-46-50-54-58-62-66-72(77)74-70(69-75)71(76)65-61-57-53-49-45-16-14-12-10-8-6-4-2/h18-19,23,25,61,65,70-71,75-76H,3-17,20-22,24,26-60,62-64,66-69H2,1-2H3,(H,74,77)/b19-18-,25-23-,65-61+. The van der Waals surface area contributed by atoms with Gasteiger partial charge in [-0.3, -0.25) is 9.59 Å². The molecule has 1 amide bonds. The van der Waals surface area contributed by atoms with E-state index in [9.17, 15) is 19.8 Å². The molecule has 2 unspecified atom stereocenters. The molecule has 0 rings (SSSR count). The molecule has 0 radical (unpaired) electrons. The molecule has 6 heteroatoms. The van der Waals surface area contributed by atoms with Crippen molar-refractivity contribution in [1.82, 2.24) is 5.32 Å². The summed E-state index contributed by atoms with van der Waals surface area (Å²) in [5, 5.41) is 23.1. The van der Waals surface area contributed by atoms with Crippen LogP contribution in [0, 0.1) is 0 Å². The summed E-state index contributed by atoms with van der Waals surface area (Å²) in [5.74, 6) is -0.0493. The number of aliphatic hydroxyl groups excluding tert-OH is 2. The van der Waals surface area contributed by atoms with E-state index in [-0.39, 0.29) is 18.5 Å². The van der Waals surface area contributed by atoms with Crippen LogP contribution in [0.25, 0.3) is 0 Å². The number of hydrogen-bond donors (Lipinski definition) is 3. The first-order chi connectivity index (χ1) is 39.0. The fourth-order valence-electron chi connectivity index (χ4n) is 11.2. The van der Waals surface area contributed by atoms with Crippen molar-refractivity contribution in [2.24, 2.45) is 0 Å². The number of allylic oxidation sites excluding steroid dienone is 5. The molecule has 466 valence electrons. The van der Waals surface area contributed by atoms with Crippen LogP contribution in [0.4, 0.5) is 0 Å². The van der Waals surface area contributed by atoms with E-state index in [2.05, 4.69) is 43.5 Å². The van der Waals surface area contributed by atoms with E-state index in [0.717, 1.165) is 44.9 Å². The average Bonchev–Trinajstić information content (AvgIpc) is 3.45. The first-order valence-electron chi connectivity index (χ1n) is 35.8. The zero-order valence-electron chi connectivity index (χ0n) is 53.4. The minimum atomic E-state index is -0.841. The van der Waals surface area contributed by atoms with Crippen molar-refractivity contribution < 1.29 is 24.5 Å². The Kier molecular flexibility index (Phi) is 66.9. The molecule has 3 N–H and O–H groups in total. The van der Waals surface area contributed by atoms with E-state index in [1.807, 2.05) is 6.08 Å². The van der Waals surface area contributed by atoms with Gasteiger partial charge in [-0.15, -0.1) is 0 Å². The van der Waals surface area contributed by atoms with Gasteiger partial charge in [-0.2, -0.15) is 0 Å². The quantitative estimate of drug-likeness (QED) is 0.0320. The Morgan fingerprint density at radius 1 is 0.342 bits per heavy atom. The number of esters is 1. The van der Waals surface area contributed by atoms with Gasteiger partial charge in [-0.1, -0.05) is 333 Å². The third kappa shape index (κ3) is 65.1. The molecule has 0 fully saturated rings. The summed E-state index contributed by atoms with van der Waals surface area (Å²) in [5.41, 5.74) is 0. The Balaban J connectivity index is 3.34. The first-order valence-corrected chi connectivity index (χ1v) is 35.8. The summed E-state index contributed by atoms with van der Waals surface area (Å²) in [6, 6.07) is -0.625. The summed E-state index contributed by atoms with van der Waals surface area (Å²) in [4.78, 5) is 24.6. The first kappa shape index (κ1) is 77.1. The van der Waals surface area contributed by atoms with Gasteiger partial charge in [-0.25, -0.2) is 0 Å². The topological polar surface area (TPSA) is 95.9 Å². The minimum absolute atomic E-state index is 0.0154. The van der Waals surface area contributed by atoms with Crippen molar-refractivity contribution in [1.29, 1.82) is 0 Å². The Morgan fingerprint density at radius 2 is 0.595 bits per heavy atom. The van der Waals surface area contributed by atoms with Crippen molar-refractivity contribution in [3.05, 3.63) is 36.5 Å². The highest BCUT2D eigenvalue weighted by atomic mass is 16.5. The molecule has 6 nitrogen and oxygen atoms in total. The summed E-state index contributed by atoms with van der Waals surface area (Å²) in [6.45, 7) is 4.92. The molecule has 2 atom stereocenters. The summed E-state index contributed by atoms with van der Waals surface area (Å²) in [6.07, 6.45) is 88.1. The molecule has 0 saturated carbocycles. The number of carbonyl (C=O) groups is 2. The lowest BCUT2D eigenvalue weighted by Crippen LogP contribution is -2.45. The molecule has 0 aliphatic heterocycles. The van der Waals surface area contributed by atoms with Crippen LogP contribution in [-0.4, -0.2) is 47.4 Å². The van der Waals surface area contributed by atoms with Crippen LogP contribution in [0.5, 0.6) is 0 Å². The second-order valence-corrected chi connectivity index (χ2v) is 24.6. The largest absolute Gasteiger partial charge is 0.466 e. The van der Waals surface area contributed by atoms with Crippen molar-refractivity contribution >= 4 is 11.9 Å². The lowest BCUT2D eigenvalue weighted by atomic mass is 10.0. The van der Waals surface area contributed by atoms with Crippen molar-refractivity contribution in [3.63, 3.8) is 0 Å². The zero-order chi connectivity index (χ0) is 57.1. The summed E-state index contributed by atoms with van der Waals surface area (Å²) < 4.78 is 5.51. The van der Waals surface area contributed by atoms with E-state index >= 15 is 0 Å². The molecule has 0 bridgehead atoms. The highest BCUT2D eigenvalue weighted by Gasteiger charge is 2.18. The highest BCUT2D eigenvalue weighted by molar-refractivity contribution is 5.76. The molecule has 0 heterocycles. The van der Waals surface area contributed by atoms with Crippen LogP contribution >= 0.6 is 0 Å². The smallest absolute Gasteiger partial charge is 0.305 e. The van der Waals surface area contributed by atoms with E-state index < -0.39 is 12.1 Å². The monoisotopic (exact) mass is 1110 g/mol. The fraction of sp³-hybridized carbons (Fsp3) is 0.890. The molecule has 0 saturated heterocycles. The fourth-order valence-corrected chi connectivity index (χ4v) is 11.2. The molecule has 0 spiro atoms. The number of carbonyl (C=O) groups excluding carboxylic acids is 2. The average molecular weight is 1110 g/mol. The van der Waals surface area contributed by atoms with Crippen molar-refractivity contribution in [2.45, 2.75) is 405 Å². The number of aliphatic hydroxyl groups is 2. The van der Waals surface area contributed by atoms with Crippen LogP contribution in [0.2, 0.25) is 0 Å². The number of unbranched alkanes of at least 4 members (excludes halogenated alkanes) is 52. The maximum Gasteiger partial charge on any atom is 0.305 e. The molecule has 0 aliphatic rings. The van der Waals surface area contributed by atoms with Crippen LogP contribution in [-0.2, 0) is 14.3 Å². The van der Waals surface area contributed by atoms with E-state index in [0.29, 0.717) is 19.4 Å². The SMILES string of the molecule is CCCCCCCCC/C=C\CCCCCCCCCC(=O)OCCCCCCCCCCCCCC/C=C\CCCCCCCCCCCCCCCCCCC(=O)NC(CO)C(O)/C=C/CCCCCCCCCCCC. The maximum absolute atomic E-state index is 12.5. The Labute approximate surface area is 494 Å². The molecule has 0 aromatic rings. The van der Waals surface area contributed by atoms with Gasteiger partial charge in [0.05, 0.1) is 25.4 Å². The van der Waals surface area contributed by atoms with Crippen molar-refractivity contribution in [3.8, 4) is 0 Å². The van der Waals surface area contributed by atoms with Crippen LogP contribution < -0.4 is 5.32 Å². The Bertz CT molecular complexity index is 1280. The number of hydrogen-bond acceptors (Lipinski definition) is 5. The second kappa shape index (κ2) is 68.6. The van der Waals surface area contributed by atoms with E-state index in [1.54, 1.807) is 6.08 Å². The number of amides is 1. The lowest BCUT2D eigenvalue weighted by molar-refractivity contribution is -0.143. The number of rotatable bonds is 67. The summed E-state index contributed by atoms with van der Waals surface area (Å²) >= 11 is 0. The van der Waals surface area contributed by atoms with Crippen LogP contribution in [0.1, 0.15) is 393 Å². The molecule has 79 heavy (non-hydrogen) atoms. The summed E-state index contributed by atoms with van der Waals surface area (Å²) in [7, 11) is 0. The molecule has 0 aliphatic carbocycles. The number of ether oxygens (including phenoxy) is 1.